The van der Waals surface area contributed by atoms with Gasteiger partial charge in [-0.15, -0.1) is 0 Å². The Labute approximate surface area is 166 Å². The predicted molar refractivity (Wildman–Crippen MR) is 106 cm³/mol. The summed E-state index contributed by atoms with van der Waals surface area (Å²) in [5, 5.41) is 0. The number of carbonyl (C=O) groups excluding carboxylic acids is 3. The molecule has 28 heavy (non-hydrogen) atoms. The number of likely N-dealkylation sites (N-methyl/N-ethyl adjacent to an activating group) is 1. The van der Waals surface area contributed by atoms with Gasteiger partial charge in [0.2, 0.25) is 0 Å². The van der Waals surface area contributed by atoms with E-state index in [1.165, 1.54) is 4.90 Å². The lowest BCUT2D eigenvalue weighted by Crippen LogP contribution is -2.57. The molecule has 3 rings (SSSR count). The lowest BCUT2D eigenvalue weighted by molar-refractivity contribution is -0.127. The third-order valence-electron chi connectivity index (χ3n) is 5.39. The van der Waals surface area contributed by atoms with Gasteiger partial charge in [0.1, 0.15) is 11.1 Å². The van der Waals surface area contributed by atoms with Crippen LogP contribution < -0.4 is 4.90 Å². The molecule has 0 saturated carbocycles. The summed E-state index contributed by atoms with van der Waals surface area (Å²) < 4.78 is 5.44. The zero-order chi connectivity index (χ0) is 20.7. The Morgan fingerprint density at radius 2 is 1.68 bits per heavy atom. The van der Waals surface area contributed by atoms with Crippen LogP contribution in [-0.2, 0) is 9.53 Å². The number of likely N-dealkylation sites (tertiary alicyclic amines) is 1. The van der Waals surface area contributed by atoms with Gasteiger partial charge in [-0.1, -0.05) is 17.7 Å². The summed E-state index contributed by atoms with van der Waals surface area (Å²) in [6.45, 7) is 10.5. The quantitative estimate of drug-likeness (QED) is 0.728. The van der Waals surface area contributed by atoms with E-state index in [9.17, 15) is 14.4 Å². The summed E-state index contributed by atoms with van der Waals surface area (Å²) in [5.74, 6) is -0.202. The Hall–Kier alpha value is -2.57. The van der Waals surface area contributed by atoms with Crippen molar-refractivity contribution in [1.82, 2.24) is 9.80 Å². The Kier molecular flexibility index (Phi) is 5.12. The largest absolute Gasteiger partial charge is 0.444 e. The van der Waals surface area contributed by atoms with E-state index < -0.39 is 11.1 Å². The average molecular weight is 387 g/mol. The summed E-state index contributed by atoms with van der Waals surface area (Å²) in [7, 11) is 0. The van der Waals surface area contributed by atoms with Gasteiger partial charge in [0.05, 0.1) is 5.69 Å². The number of piperidine rings is 1. The van der Waals surface area contributed by atoms with Crippen LogP contribution in [0, 0.1) is 6.92 Å². The first-order valence-corrected chi connectivity index (χ1v) is 9.80. The van der Waals surface area contributed by atoms with E-state index in [2.05, 4.69) is 0 Å². The number of ether oxygens (including phenoxy) is 1. The molecule has 7 heteroatoms. The van der Waals surface area contributed by atoms with Crippen molar-refractivity contribution in [3.05, 3.63) is 29.8 Å². The molecule has 1 aromatic carbocycles. The first kappa shape index (κ1) is 20.2. The molecule has 2 aliphatic heterocycles. The van der Waals surface area contributed by atoms with E-state index in [4.69, 9.17) is 4.74 Å². The van der Waals surface area contributed by atoms with E-state index in [1.54, 1.807) is 21.9 Å². The van der Waals surface area contributed by atoms with Gasteiger partial charge in [0.25, 0.3) is 5.91 Å². The summed E-state index contributed by atoms with van der Waals surface area (Å²) in [6.07, 6.45) is 0.442. The molecule has 0 unspecified atom stereocenters. The maximum absolute atomic E-state index is 13.4. The lowest BCUT2D eigenvalue weighted by Gasteiger charge is -2.41. The summed E-state index contributed by atoms with van der Waals surface area (Å²) >= 11 is 0. The lowest BCUT2D eigenvalue weighted by atomic mass is 9.86. The molecule has 1 aromatic rings. The van der Waals surface area contributed by atoms with Crippen LogP contribution in [0.25, 0.3) is 0 Å². The third-order valence-corrected chi connectivity index (χ3v) is 5.39. The number of imide groups is 1. The van der Waals surface area contributed by atoms with Crippen molar-refractivity contribution in [2.45, 2.75) is 58.6 Å². The van der Waals surface area contributed by atoms with Crippen molar-refractivity contribution in [2.24, 2.45) is 0 Å². The van der Waals surface area contributed by atoms with Crippen LogP contribution in [0.1, 0.15) is 46.1 Å². The molecule has 2 heterocycles. The molecule has 2 saturated heterocycles. The van der Waals surface area contributed by atoms with Gasteiger partial charge in [0, 0.05) is 19.6 Å². The first-order valence-electron chi connectivity index (χ1n) is 9.80. The molecule has 4 amide bonds. The van der Waals surface area contributed by atoms with Crippen LogP contribution in [-0.4, -0.2) is 58.6 Å². The van der Waals surface area contributed by atoms with E-state index in [1.807, 2.05) is 46.8 Å². The molecule has 2 aliphatic rings. The Balaban J connectivity index is 1.81. The number of benzene rings is 1. The maximum atomic E-state index is 13.4. The standard InChI is InChI=1S/C21H29N3O4/c1-6-23-18(26)24(16-9-7-15(2)8-10-16)17(25)21(23)11-13-22(14-12-21)19(27)28-20(3,4)5/h7-10H,6,11-14H2,1-5H3. The molecule has 7 nitrogen and oxygen atoms in total. The van der Waals surface area contributed by atoms with Gasteiger partial charge in [-0.25, -0.2) is 14.5 Å². The number of hydrogen-bond donors (Lipinski definition) is 0. The minimum Gasteiger partial charge on any atom is -0.444 e. The summed E-state index contributed by atoms with van der Waals surface area (Å²) in [6, 6.07) is 7.09. The van der Waals surface area contributed by atoms with Crippen LogP contribution in [0.15, 0.2) is 24.3 Å². The van der Waals surface area contributed by atoms with E-state index in [-0.39, 0.29) is 18.0 Å². The molecule has 2 fully saturated rings. The molecule has 0 atom stereocenters. The number of nitrogens with zero attached hydrogens (tertiary/aromatic N) is 3. The number of hydrogen-bond acceptors (Lipinski definition) is 4. The second-order valence-electron chi connectivity index (χ2n) is 8.50. The molecule has 1 spiro atoms. The van der Waals surface area contributed by atoms with Crippen LogP contribution in [0.4, 0.5) is 15.3 Å². The highest BCUT2D eigenvalue weighted by atomic mass is 16.6. The molecule has 152 valence electrons. The van der Waals surface area contributed by atoms with E-state index in [0.29, 0.717) is 38.2 Å². The van der Waals surface area contributed by atoms with Crippen LogP contribution >= 0.6 is 0 Å². The number of amides is 4. The van der Waals surface area contributed by atoms with Gasteiger partial charge >= 0.3 is 12.1 Å². The molecule has 0 N–H and O–H groups in total. The number of urea groups is 1. The fourth-order valence-electron chi connectivity index (χ4n) is 3.94. The third kappa shape index (κ3) is 3.45. The van der Waals surface area contributed by atoms with Gasteiger partial charge in [-0.05, 0) is 59.6 Å². The van der Waals surface area contributed by atoms with Crippen LogP contribution in [0.2, 0.25) is 0 Å². The predicted octanol–water partition coefficient (Wildman–Crippen LogP) is 3.55. The molecule has 0 radical (unpaired) electrons. The number of carbonyl (C=O) groups is 3. The second kappa shape index (κ2) is 7.11. The van der Waals surface area contributed by atoms with Crippen LogP contribution in [0.3, 0.4) is 0 Å². The van der Waals surface area contributed by atoms with Crippen molar-refractivity contribution in [1.29, 1.82) is 0 Å². The van der Waals surface area contributed by atoms with Gasteiger partial charge < -0.3 is 14.5 Å². The fourth-order valence-corrected chi connectivity index (χ4v) is 3.94. The molecule has 0 bridgehead atoms. The highest BCUT2D eigenvalue weighted by Crippen LogP contribution is 2.39. The van der Waals surface area contributed by atoms with E-state index >= 15 is 0 Å². The second-order valence-corrected chi connectivity index (χ2v) is 8.50. The smallest absolute Gasteiger partial charge is 0.410 e. The number of rotatable bonds is 2. The number of anilines is 1. The van der Waals surface area contributed by atoms with Crippen molar-refractivity contribution in [2.75, 3.05) is 24.5 Å². The highest BCUT2D eigenvalue weighted by molar-refractivity contribution is 6.23. The van der Waals surface area contributed by atoms with Crippen LogP contribution in [0.5, 0.6) is 0 Å². The summed E-state index contributed by atoms with van der Waals surface area (Å²) in [4.78, 5) is 43.3. The Morgan fingerprint density at radius 1 is 1.11 bits per heavy atom. The van der Waals surface area contributed by atoms with Crippen molar-refractivity contribution < 1.29 is 19.1 Å². The number of aryl methyl sites for hydroxylation is 1. The SMILES string of the molecule is CCN1C(=O)N(c2ccc(C)cc2)C(=O)C12CCN(C(=O)OC(C)(C)C)CC2. The minimum absolute atomic E-state index is 0.202. The van der Waals surface area contributed by atoms with Gasteiger partial charge in [-0.3, -0.25) is 4.79 Å². The van der Waals surface area contributed by atoms with Gasteiger partial charge in [-0.2, -0.15) is 0 Å². The van der Waals surface area contributed by atoms with Crippen molar-refractivity contribution in [3.8, 4) is 0 Å². The molecule has 0 aliphatic carbocycles. The zero-order valence-electron chi connectivity index (χ0n) is 17.3. The Bertz CT molecular complexity index is 774. The van der Waals surface area contributed by atoms with Crippen molar-refractivity contribution in [3.63, 3.8) is 0 Å². The summed E-state index contributed by atoms with van der Waals surface area (Å²) in [5.41, 5.74) is 0.194. The first-order chi connectivity index (χ1) is 13.1. The highest BCUT2D eigenvalue weighted by Gasteiger charge is 2.58. The van der Waals surface area contributed by atoms with Crippen molar-refractivity contribution >= 4 is 23.7 Å². The molecular formula is C21H29N3O4. The molecule has 0 aromatic heterocycles. The topological polar surface area (TPSA) is 70.2 Å². The average Bonchev–Trinajstić information content (AvgIpc) is 2.82. The molecular weight excluding hydrogens is 358 g/mol. The Morgan fingerprint density at radius 3 is 2.18 bits per heavy atom. The monoisotopic (exact) mass is 387 g/mol. The maximum Gasteiger partial charge on any atom is 0.410 e. The fraction of sp³-hybridized carbons (Fsp3) is 0.571. The van der Waals surface area contributed by atoms with Gasteiger partial charge in [0.15, 0.2) is 0 Å². The minimum atomic E-state index is -0.894. The normalized spacial score (nSPS) is 19.5. The zero-order valence-corrected chi connectivity index (χ0v) is 17.3. The van der Waals surface area contributed by atoms with E-state index in [0.717, 1.165) is 5.56 Å².